The monoisotopic (exact) mass is 203 g/mol. The van der Waals surface area contributed by atoms with Gasteiger partial charge in [-0.1, -0.05) is 0 Å². The third-order valence-corrected chi connectivity index (χ3v) is 2.16. The van der Waals surface area contributed by atoms with E-state index in [0.717, 1.165) is 0 Å². The zero-order valence-corrected chi connectivity index (χ0v) is 8.28. The highest BCUT2D eigenvalue weighted by atomic mass is 35.5. The minimum Gasteiger partial charge on any atom is -0.351 e. The van der Waals surface area contributed by atoms with E-state index in [0.29, 0.717) is 12.1 Å². The fourth-order valence-electron chi connectivity index (χ4n) is 0.729. The van der Waals surface area contributed by atoms with E-state index in [4.69, 9.17) is 11.6 Å². The standard InChI is InChI=1S/C8H10ClNOS/c1-6(9)4-10-8(11)7-2-3-12-5-7/h2-3,5-6H,4H2,1H3,(H,10,11). The molecule has 0 saturated carbocycles. The van der Waals surface area contributed by atoms with Crippen molar-refractivity contribution in [2.75, 3.05) is 6.54 Å². The lowest BCUT2D eigenvalue weighted by molar-refractivity contribution is 0.0954. The first-order valence-electron chi connectivity index (χ1n) is 3.64. The fraction of sp³-hybridized carbons (Fsp3) is 0.375. The Labute approximate surface area is 80.5 Å². The van der Waals surface area contributed by atoms with Crippen molar-refractivity contribution in [3.8, 4) is 0 Å². The van der Waals surface area contributed by atoms with E-state index in [-0.39, 0.29) is 11.3 Å². The molecule has 0 radical (unpaired) electrons. The van der Waals surface area contributed by atoms with Crippen LogP contribution in [0.3, 0.4) is 0 Å². The number of hydrogen-bond donors (Lipinski definition) is 1. The van der Waals surface area contributed by atoms with Crippen LogP contribution in [0.25, 0.3) is 0 Å². The molecule has 12 heavy (non-hydrogen) atoms. The van der Waals surface area contributed by atoms with E-state index in [9.17, 15) is 4.79 Å². The third kappa shape index (κ3) is 2.83. The minimum atomic E-state index is -0.0521. The van der Waals surface area contributed by atoms with Crippen LogP contribution in [-0.4, -0.2) is 17.8 Å². The van der Waals surface area contributed by atoms with Gasteiger partial charge in [-0.15, -0.1) is 11.6 Å². The van der Waals surface area contributed by atoms with Gasteiger partial charge >= 0.3 is 0 Å². The van der Waals surface area contributed by atoms with Crippen LogP contribution < -0.4 is 5.32 Å². The number of carbonyl (C=O) groups is 1. The summed E-state index contributed by atoms with van der Waals surface area (Å²) in [5.41, 5.74) is 0.706. The Bertz CT molecular complexity index is 246. The summed E-state index contributed by atoms with van der Waals surface area (Å²) in [4.78, 5) is 11.2. The van der Waals surface area contributed by atoms with E-state index >= 15 is 0 Å². The van der Waals surface area contributed by atoms with Gasteiger partial charge in [-0.05, 0) is 18.4 Å². The maximum Gasteiger partial charge on any atom is 0.252 e. The second-order valence-electron chi connectivity index (χ2n) is 2.50. The van der Waals surface area contributed by atoms with Gasteiger partial charge in [0.15, 0.2) is 0 Å². The molecule has 0 aliphatic heterocycles. The number of carbonyl (C=O) groups excluding carboxylic acids is 1. The van der Waals surface area contributed by atoms with E-state index in [2.05, 4.69) is 5.32 Å². The second-order valence-corrected chi connectivity index (χ2v) is 4.03. The molecule has 1 aromatic rings. The zero-order chi connectivity index (χ0) is 8.97. The largest absolute Gasteiger partial charge is 0.351 e. The Morgan fingerprint density at radius 1 is 1.83 bits per heavy atom. The number of hydrogen-bond acceptors (Lipinski definition) is 2. The lowest BCUT2D eigenvalue weighted by atomic mass is 10.3. The highest BCUT2D eigenvalue weighted by molar-refractivity contribution is 7.08. The van der Waals surface area contributed by atoms with Crippen LogP contribution in [0.4, 0.5) is 0 Å². The molecule has 0 aromatic carbocycles. The number of halogens is 1. The smallest absolute Gasteiger partial charge is 0.252 e. The summed E-state index contributed by atoms with van der Waals surface area (Å²) in [6.07, 6.45) is 0. The van der Waals surface area contributed by atoms with Gasteiger partial charge in [-0.25, -0.2) is 0 Å². The molecule has 1 heterocycles. The van der Waals surface area contributed by atoms with Crippen LogP contribution in [0, 0.1) is 0 Å². The Morgan fingerprint density at radius 3 is 3.08 bits per heavy atom. The lowest BCUT2D eigenvalue weighted by Gasteiger charge is -2.03. The molecule has 66 valence electrons. The predicted octanol–water partition coefficient (Wildman–Crippen LogP) is 2.11. The average molecular weight is 204 g/mol. The first kappa shape index (κ1) is 9.55. The van der Waals surface area contributed by atoms with Crippen LogP contribution in [0.15, 0.2) is 16.8 Å². The van der Waals surface area contributed by atoms with Gasteiger partial charge < -0.3 is 5.32 Å². The lowest BCUT2D eigenvalue weighted by Crippen LogP contribution is -2.28. The number of amides is 1. The molecule has 1 rings (SSSR count). The summed E-state index contributed by atoms with van der Waals surface area (Å²) in [6, 6.07) is 1.79. The minimum absolute atomic E-state index is 0.0208. The zero-order valence-electron chi connectivity index (χ0n) is 6.71. The number of thiophene rings is 1. The van der Waals surface area contributed by atoms with Gasteiger partial charge in [0.1, 0.15) is 0 Å². The Kier molecular flexibility index (Phi) is 3.56. The molecule has 1 unspecified atom stereocenters. The summed E-state index contributed by atoms with van der Waals surface area (Å²) < 4.78 is 0. The molecule has 0 saturated heterocycles. The first-order valence-corrected chi connectivity index (χ1v) is 5.02. The number of nitrogens with one attached hydrogen (secondary N) is 1. The van der Waals surface area contributed by atoms with Gasteiger partial charge in [0, 0.05) is 22.9 Å². The normalized spacial score (nSPS) is 12.5. The summed E-state index contributed by atoms with van der Waals surface area (Å²) in [5, 5.41) is 6.39. The molecule has 1 atom stereocenters. The van der Waals surface area contributed by atoms with Crippen LogP contribution in [0.1, 0.15) is 17.3 Å². The van der Waals surface area contributed by atoms with Crippen LogP contribution in [0.2, 0.25) is 0 Å². The molecule has 0 aliphatic rings. The molecule has 4 heteroatoms. The van der Waals surface area contributed by atoms with Crippen molar-refractivity contribution in [1.82, 2.24) is 5.32 Å². The molecule has 2 nitrogen and oxygen atoms in total. The predicted molar refractivity (Wildman–Crippen MR) is 52.0 cm³/mol. The molecule has 0 fully saturated rings. The van der Waals surface area contributed by atoms with Gasteiger partial charge in [0.2, 0.25) is 0 Å². The van der Waals surface area contributed by atoms with Gasteiger partial charge in [-0.3, -0.25) is 4.79 Å². The highest BCUT2D eigenvalue weighted by Gasteiger charge is 2.05. The average Bonchev–Trinajstić information content (AvgIpc) is 2.51. The SMILES string of the molecule is CC(Cl)CNC(=O)c1ccsc1. The first-order chi connectivity index (χ1) is 5.70. The fourth-order valence-corrected chi connectivity index (χ4v) is 1.44. The van der Waals surface area contributed by atoms with Crippen molar-refractivity contribution in [2.45, 2.75) is 12.3 Å². The van der Waals surface area contributed by atoms with Crippen molar-refractivity contribution in [2.24, 2.45) is 0 Å². The van der Waals surface area contributed by atoms with Crippen molar-refractivity contribution >= 4 is 28.8 Å². The van der Waals surface area contributed by atoms with E-state index in [1.54, 1.807) is 6.07 Å². The highest BCUT2D eigenvalue weighted by Crippen LogP contribution is 2.05. The maximum atomic E-state index is 11.2. The van der Waals surface area contributed by atoms with Gasteiger partial charge in [-0.2, -0.15) is 11.3 Å². The molecular formula is C8H10ClNOS. The van der Waals surface area contributed by atoms with Crippen molar-refractivity contribution in [1.29, 1.82) is 0 Å². The molecular weight excluding hydrogens is 194 g/mol. The molecule has 0 bridgehead atoms. The van der Waals surface area contributed by atoms with Gasteiger partial charge in [0.25, 0.3) is 5.91 Å². The van der Waals surface area contributed by atoms with Crippen molar-refractivity contribution < 1.29 is 4.79 Å². The van der Waals surface area contributed by atoms with E-state index in [1.165, 1.54) is 11.3 Å². The second kappa shape index (κ2) is 4.48. The molecule has 1 N–H and O–H groups in total. The van der Waals surface area contributed by atoms with E-state index in [1.807, 2.05) is 17.7 Å². The van der Waals surface area contributed by atoms with Crippen LogP contribution >= 0.6 is 22.9 Å². The number of alkyl halides is 1. The summed E-state index contributed by atoms with van der Waals surface area (Å²) in [6.45, 7) is 2.35. The third-order valence-electron chi connectivity index (χ3n) is 1.33. The maximum absolute atomic E-state index is 11.2. The molecule has 1 aromatic heterocycles. The van der Waals surface area contributed by atoms with Crippen LogP contribution in [-0.2, 0) is 0 Å². The molecule has 1 amide bonds. The Balaban J connectivity index is 2.40. The Morgan fingerprint density at radius 2 is 2.58 bits per heavy atom. The molecule has 0 aliphatic carbocycles. The summed E-state index contributed by atoms with van der Waals surface area (Å²) in [7, 11) is 0. The van der Waals surface area contributed by atoms with Crippen LogP contribution in [0.5, 0.6) is 0 Å². The van der Waals surface area contributed by atoms with Crippen molar-refractivity contribution in [3.63, 3.8) is 0 Å². The van der Waals surface area contributed by atoms with Gasteiger partial charge in [0.05, 0.1) is 0 Å². The quantitative estimate of drug-likeness (QED) is 0.750. The Hall–Kier alpha value is -0.540. The van der Waals surface area contributed by atoms with Crippen molar-refractivity contribution in [3.05, 3.63) is 22.4 Å². The topological polar surface area (TPSA) is 29.1 Å². The summed E-state index contributed by atoms with van der Waals surface area (Å²) >= 11 is 7.18. The number of rotatable bonds is 3. The molecule has 0 spiro atoms. The summed E-state index contributed by atoms with van der Waals surface area (Å²) in [5.74, 6) is -0.0521. The van der Waals surface area contributed by atoms with E-state index < -0.39 is 0 Å².